The predicted octanol–water partition coefficient (Wildman–Crippen LogP) is 3.45. The Morgan fingerprint density at radius 3 is 2.65 bits per heavy atom. The van der Waals surface area contributed by atoms with Gasteiger partial charge >= 0.3 is 0 Å². The first-order chi connectivity index (χ1) is 12.8. The van der Waals surface area contributed by atoms with Crippen molar-refractivity contribution < 1.29 is 0 Å². The highest BCUT2D eigenvalue weighted by Crippen LogP contribution is 2.42. The molecule has 26 heavy (non-hydrogen) atoms. The number of hydrogen-bond donors (Lipinski definition) is 1. The van der Waals surface area contributed by atoms with Crippen LogP contribution in [0.25, 0.3) is 0 Å². The van der Waals surface area contributed by atoms with E-state index in [0.29, 0.717) is 12.0 Å². The van der Waals surface area contributed by atoms with Crippen molar-refractivity contribution in [2.24, 2.45) is 0 Å². The lowest BCUT2D eigenvalue weighted by Crippen LogP contribution is -2.34. The normalized spacial score (nSPS) is 25.7. The van der Waals surface area contributed by atoms with Crippen molar-refractivity contribution in [2.45, 2.75) is 82.2 Å². The Kier molecular flexibility index (Phi) is 4.27. The van der Waals surface area contributed by atoms with Gasteiger partial charge in [-0.05, 0) is 69.8 Å². The third-order valence-corrected chi connectivity index (χ3v) is 6.99. The minimum absolute atomic E-state index is 0.0836. The molecule has 6 nitrogen and oxygen atoms in total. The van der Waals surface area contributed by atoms with E-state index in [1.54, 1.807) is 16.0 Å². The first-order valence-electron chi connectivity index (χ1n) is 9.98. The monoisotopic (exact) mass is 371 g/mol. The zero-order valence-corrected chi connectivity index (χ0v) is 15.8. The van der Waals surface area contributed by atoms with E-state index in [1.165, 1.54) is 36.3 Å². The van der Waals surface area contributed by atoms with Gasteiger partial charge in [0.2, 0.25) is 5.13 Å². The van der Waals surface area contributed by atoms with Crippen LogP contribution in [0.2, 0.25) is 0 Å². The minimum atomic E-state index is 0.0836. The molecule has 0 aliphatic heterocycles. The molecule has 0 amide bonds. The zero-order chi connectivity index (χ0) is 17.5. The third-order valence-electron chi connectivity index (χ3n) is 5.97. The largest absolute Gasteiger partial charge is 0.357 e. The lowest BCUT2D eigenvalue weighted by Gasteiger charge is -2.30. The van der Waals surface area contributed by atoms with Gasteiger partial charge in [0.25, 0.3) is 5.56 Å². The Labute approximate surface area is 157 Å². The van der Waals surface area contributed by atoms with E-state index in [4.69, 9.17) is 5.10 Å². The van der Waals surface area contributed by atoms with Gasteiger partial charge in [-0.2, -0.15) is 5.10 Å². The van der Waals surface area contributed by atoms with Gasteiger partial charge < -0.3 is 5.32 Å². The van der Waals surface area contributed by atoms with Crippen molar-refractivity contribution in [1.82, 2.24) is 20.0 Å². The maximum atomic E-state index is 12.5. The molecule has 2 heterocycles. The Hall–Kier alpha value is -1.76. The average Bonchev–Trinajstić information content (AvgIpc) is 3.41. The van der Waals surface area contributed by atoms with E-state index in [9.17, 15) is 4.79 Å². The lowest BCUT2D eigenvalue weighted by atomic mass is 9.91. The summed E-state index contributed by atoms with van der Waals surface area (Å²) in [6.07, 6.45) is 11.0. The second kappa shape index (κ2) is 6.76. The standard InChI is InChI=1S/C19H25N5OS/c25-17-11-13-3-1-2-4-16(13)23-24(17)15-9-7-14(8-10-15)20-19-22-21-18(26-19)12-5-6-12/h11-12,14-15H,1-10H2,(H,20,22). The fourth-order valence-electron chi connectivity index (χ4n) is 4.27. The Balaban J connectivity index is 1.23. The fraction of sp³-hybridized carbons (Fsp3) is 0.684. The number of anilines is 1. The quantitative estimate of drug-likeness (QED) is 0.891. The molecule has 0 spiro atoms. The summed E-state index contributed by atoms with van der Waals surface area (Å²) in [4.78, 5) is 12.5. The summed E-state index contributed by atoms with van der Waals surface area (Å²) in [6, 6.07) is 2.51. The second-order valence-electron chi connectivity index (χ2n) is 7.98. The van der Waals surface area contributed by atoms with Crippen LogP contribution >= 0.6 is 11.3 Å². The predicted molar refractivity (Wildman–Crippen MR) is 102 cm³/mol. The molecule has 1 N–H and O–H groups in total. The topological polar surface area (TPSA) is 72.7 Å². The van der Waals surface area contributed by atoms with Crippen LogP contribution in [0.4, 0.5) is 5.13 Å². The number of aryl methyl sites for hydroxylation is 2. The molecular formula is C19H25N5OS. The molecule has 0 radical (unpaired) electrons. The van der Waals surface area contributed by atoms with Gasteiger partial charge in [0.1, 0.15) is 5.01 Å². The first-order valence-corrected chi connectivity index (χ1v) is 10.8. The highest BCUT2D eigenvalue weighted by molar-refractivity contribution is 7.15. The molecule has 2 aromatic heterocycles. The summed E-state index contributed by atoms with van der Waals surface area (Å²) < 4.78 is 1.77. The molecule has 0 unspecified atom stereocenters. The summed E-state index contributed by atoms with van der Waals surface area (Å²) in [7, 11) is 0. The number of nitrogens with one attached hydrogen (secondary N) is 1. The number of rotatable bonds is 4. The highest BCUT2D eigenvalue weighted by Gasteiger charge is 2.29. The van der Waals surface area contributed by atoms with E-state index in [1.807, 2.05) is 6.07 Å². The number of nitrogens with zero attached hydrogens (tertiary/aromatic N) is 4. The summed E-state index contributed by atoms with van der Waals surface area (Å²) >= 11 is 1.71. The summed E-state index contributed by atoms with van der Waals surface area (Å²) in [6.45, 7) is 0. The molecule has 2 fully saturated rings. The van der Waals surface area contributed by atoms with Crippen molar-refractivity contribution in [3.05, 3.63) is 32.7 Å². The van der Waals surface area contributed by atoms with Crippen molar-refractivity contribution in [2.75, 3.05) is 5.32 Å². The maximum Gasteiger partial charge on any atom is 0.267 e. The van der Waals surface area contributed by atoms with E-state index in [0.717, 1.165) is 49.4 Å². The van der Waals surface area contributed by atoms with Crippen LogP contribution in [0.1, 0.15) is 79.6 Å². The molecule has 0 saturated heterocycles. The van der Waals surface area contributed by atoms with Crippen LogP contribution in [0.5, 0.6) is 0 Å². The first kappa shape index (κ1) is 16.4. The molecule has 0 atom stereocenters. The average molecular weight is 372 g/mol. The van der Waals surface area contributed by atoms with E-state index in [-0.39, 0.29) is 11.6 Å². The molecule has 5 rings (SSSR count). The molecule has 3 aliphatic carbocycles. The van der Waals surface area contributed by atoms with Crippen molar-refractivity contribution in [1.29, 1.82) is 0 Å². The Bertz CT molecular complexity index is 848. The van der Waals surface area contributed by atoms with Crippen LogP contribution in [0.3, 0.4) is 0 Å². The highest BCUT2D eigenvalue weighted by atomic mass is 32.1. The fourth-order valence-corrected chi connectivity index (χ4v) is 5.26. The smallest absolute Gasteiger partial charge is 0.267 e. The third kappa shape index (κ3) is 3.29. The zero-order valence-electron chi connectivity index (χ0n) is 15.0. The van der Waals surface area contributed by atoms with Gasteiger partial charge in [-0.1, -0.05) is 11.3 Å². The van der Waals surface area contributed by atoms with Crippen LogP contribution in [-0.2, 0) is 12.8 Å². The van der Waals surface area contributed by atoms with Gasteiger partial charge in [0.05, 0.1) is 11.7 Å². The molecule has 0 bridgehead atoms. The van der Waals surface area contributed by atoms with E-state index in [2.05, 4.69) is 15.5 Å². The van der Waals surface area contributed by atoms with Crippen LogP contribution < -0.4 is 10.9 Å². The van der Waals surface area contributed by atoms with Gasteiger partial charge in [0, 0.05) is 18.0 Å². The summed E-state index contributed by atoms with van der Waals surface area (Å²) in [5.74, 6) is 0.667. The Morgan fingerprint density at radius 2 is 1.85 bits per heavy atom. The van der Waals surface area contributed by atoms with Gasteiger partial charge in [-0.15, -0.1) is 10.2 Å². The molecule has 3 aliphatic rings. The summed E-state index contributed by atoms with van der Waals surface area (Å²) in [5.41, 5.74) is 2.41. The van der Waals surface area contributed by atoms with Crippen molar-refractivity contribution in [3.8, 4) is 0 Å². The molecule has 138 valence electrons. The second-order valence-corrected chi connectivity index (χ2v) is 8.98. The molecule has 2 aromatic rings. The van der Waals surface area contributed by atoms with E-state index >= 15 is 0 Å². The SMILES string of the molecule is O=c1cc2c(nn1C1CCC(Nc3nnc(C4CC4)s3)CC1)CCCC2. The van der Waals surface area contributed by atoms with Crippen molar-refractivity contribution in [3.63, 3.8) is 0 Å². The lowest BCUT2D eigenvalue weighted by molar-refractivity contribution is 0.300. The number of hydrogen-bond acceptors (Lipinski definition) is 6. The van der Waals surface area contributed by atoms with Crippen LogP contribution in [0.15, 0.2) is 10.9 Å². The molecular weight excluding hydrogens is 346 g/mol. The minimum Gasteiger partial charge on any atom is -0.357 e. The number of aromatic nitrogens is 4. The number of fused-ring (bicyclic) bond motifs is 1. The van der Waals surface area contributed by atoms with Gasteiger partial charge in [0.15, 0.2) is 0 Å². The van der Waals surface area contributed by atoms with Gasteiger partial charge in [-0.25, -0.2) is 4.68 Å². The molecule has 2 saturated carbocycles. The van der Waals surface area contributed by atoms with Crippen molar-refractivity contribution >= 4 is 16.5 Å². The van der Waals surface area contributed by atoms with Gasteiger partial charge in [-0.3, -0.25) is 4.79 Å². The maximum absolute atomic E-state index is 12.5. The molecule has 0 aromatic carbocycles. The summed E-state index contributed by atoms with van der Waals surface area (Å²) in [5, 5.41) is 19.1. The van der Waals surface area contributed by atoms with E-state index < -0.39 is 0 Å². The van der Waals surface area contributed by atoms with Crippen LogP contribution in [-0.4, -0.2) is 26.0 Å². The Morgan fingerprint density at radius 1 is 1.04 bits per heavy atom. The molecule has 7 heteroatoms. The van der Waals surface area contributed by atoms with Crippen LogP contribution in [0, 0.1) is 0 Å².